The highest BCUT2D eigenvalue weighted by molar-refractivity contribution is 5.75. The average Bonchev–Trinajstić information content (AvgIpc) is 3.02. The Labute approximate surface area is 269 Å². The second kappa shape index (κ2) is 13.9. The largest absolute Gasteiger partial charge is 0.324 e. The molecule has 2 heterocycles. The standard InChI is InChI=1S/C38H36N8/c1-25-21-33(43-37-41-27(3)39-35(45-37)23-29-11-7-5-8-12-29)19-17-31(25)15-16-32-18-20-34(22-26(32)2)44-38-42-28(4)40-36(46-38)24-30-13-9-6-10-14-30/h5-22H,23-24H2,1-4H3,(H,39,41,43,45)(H,40,42,44,46)/b16-15+. The van der Waals surface area contributed by atoms with E-state index in [0.29, 0.717) is 36.4 Å². The normalized spacial score (nSPS) is 11.1. The van der Waals surface area contributed by atoms with E-state index >= 15 is 0 Å². The Bertz CT molecular complexity index is 1840. The van der Waals surface area contributed by atoms with E-state index in [1.165, 1.54) is 0 Å². The van der Waals surface area contributed by atoms with E-state index in [1.807, 2.05) is 62.4 Å². The van der Waals surface area contributed by atoms with Crippen molar-refractivity contribution in [2.45, 2.75) is 40.5 Å². The first kappa shape index (κ1) is 30.3. The monoisotopic (exact) mass is 604 g/mol. The molecule has 0 unspecified atom stereocenters. The summed E-state index contributed by atoms with van der Waals surface area (Å²) >= 11 is 0. The smallest absolute Gasteiger partial charge is 0.230 e. The first-order valence-electron chi connectivity index (χ1n) is 15.3. The van der Waals surface area contributed by atoms with Crippen LogP contribution in [-0.2, 0) is 12.8 Å². The Hall–Kier alpha value is -5.76. The maximum Gasteiger partial charge on any atom is 0.230 e. The minimum atomic E-state index is 0.546. The zero-order valence-electron chi connectivity index (χ0n) is 26.5. The summed E-state index contributed by atoms with van der Waals surface area (Å²) in [4.78, 5) is 27.4. The molecule has 0 aliphatic rings. The van der Waals surface area contributed by atoms with E-state index in [4.69, 9.17) is 0 Å². The number of benzene rings is 4. The first-order valence-corrected chi connectivity index (χ1v) is 15.3. The minimum Gasteiger partial charge on any atom is -0.324 e. The van der Waals surface area contributed by atoms with Gasteiger partial charge in [-0.15, -0.1) is 0 Å². The lowest BCUT2D eigenvalue weighted by molar-refractivity contribution is 0.886. The van der Waals surface area contributed by atoms with Gasteiger partial charge in [0.25, 0.3) is 0 Å². The molecule has 2 aromatic heterocycles. The fraction of sp³-hybridized carbons (Fsp3) is 0.158. The molecule has 2 N–H and O–H groups in total. The van der Waals surface area contributed by atoms with E-state index in [-0.39, 0.29) is 0 Å². The van der Waals surface area contributed by atoms with E-state index in [2.05, 4.69) is 115 Å². The zero-order valence-corrected chi connectivity index (χ0v) is 26.5. The molecule has 46 heavy (non-hydrogen) atoms. The highest BCUT2D eigenvalue weighted by Gasteiger charge is 2.09. The first-order chi connectivity index (χ1) is 22.4. The Morgan fingerprint density at radius 3 is 1.28 bits per heavy atom. The lowest BCUT2D eigenvalue weighted by Gasteiger charge is -2.11. The molecule has 6 rings (SSSR count). The van der Waals surface area contributed by atoms with Gasteiger partial charge in [0.15, 0.2) is 0 Å². The number of aromatic nitrogens is 6. The highest BCUT2D eigenvalue weighted by atomic mass is 15.2. The summed E-state index contributed by atoms with van der Waals surface area (Å²) in [6.45, 7) is 7.99. The van der Waals surface area contributed by atoms with Crippen LogP contribution in [0.4, 0.5) is 23.3 Å². The SMILES string of the molecule is Cc1nc(Cc2ccccc2)nc(Nc2ccc(/C=C/c3ccc(Nc4nc(C)nc(Cc5ccccc5)n4)cc3C)c(C)c2)n1. The third-order valence-corrected chi connectivity index (χ3v) is 7.49. The summed E-state index contributed by atoms with van der Waals surface area (Å²) in [5.74, 6) is 3.95. The molecular formula is C38H36N8. The van der Waals surface area contributed by atoms with E-state index in [9.17, 15) is 0 Å². The van der Waals surface area contributed by atoms with Crippen molar-refractivity contribution in [3.8, 4) is 0 Å². The van der Waals surface area contributed by atoms with Gasteiger partial charge in [0.2, 0.25) is 11.9 Å². The number of hydrogen-bond acceptors (Lipinski definition) is 8. The van der Waals surface area contributed by atoms with Crippen molar-refractivity contribution in [3.05, 3.63) is 154 Å². The van der Waals surface area contributed by atoms with Gasteiger partial charge in [-0.25, -0.2) is 9.97 Å². The van der Waals surface area contributed by atoms with Crippen molar-refractivity contribution in [2.75, 3.05) is 10.6 Å². The van der Waals surface area contributed by atoms with Crippen molar-refractivity contribution in [2.24, 2.45) is 0 Å². The van der Waals surface area contributed by atoms with Crippen LogP contribution in [-0.4, -0.2) is 29.9 Å². The van der Waals surface area contributed by atoms with Crippen LogP contribution in [0.5, 0.6) is 0 Å². The molecule has 8 heteroatoms. The average molecular weight is 605 g/mol. The summed E-state index contributed by atoms with van der Waals surface area (Å²) in [6.07, 6.45) is 5.60. The maximum atomic E-state index is 4.66. The Morgan fingerprint density at radius 1 is 0.478 bits per heavy atom. The van der Waals surface area contributed by atoms with E-state index in [1.54, 1.807) is 0 Å². The third-order valence-electron chi connectivity index (χ3n) is 7.49. The predicted octanol–water partition coefficient (Wildman–Crippen LogP) is 8.13. The topological polar surface area (TPSA) is 101 Å². The van der Waals surface area contributed by atoms with E-state index in [0.717, 1.165) is 56.4 Å². The highest BCUT2D eigenvalue weighted by Crippen LogP contribution is 2.23. The molecule has 0 saturated heterocycles. The van der Waals surface area contributed by atoms with Crippen LogP contribution in [0, 0.1) is 27.7 Å². The van der Waals surface area contributed by atoms with Crippen LogP contribution in [0.1, 0.15) is 56.7 Å². The molecule has 0 saturated carbocycles. The number of nitrogens with zero attached hydrogens (tertiary/aromatic N) is 6. The lowest BCUT2D eigenvalue weighted by Crippen LogP contribution is -2.06. The van der Waals surface area contributed by atoms with Crippen molar-refractivity contribution in [3.63, 3.8) is 0 Å². The fourth-order valence-electron chi connectivity index (χ4n) is 5.22. The van der Waals surface area contributed by atoms with Gasteiger partial charge in [0, 0.05) is 24.2 Å². The Kier molecular flexibility index (Phi) is 9.15. The third kappa shape index (κ3) is 8.04. The lowest BCUT2D eigenvalue weighted by atomic mass is 10.0. The number of aryl methyl sites for hydroxylation is 4. The molecule has 0 fully saturated rings. The molecule has 0 radical (unpaired) electrons. The Morgan fingerprint density at radius 2 is 0.891 bits per heavy atom. The van der Waals surface area contributed by atoms with Gasteiger partial charge < -0.3 is 10.6 Å². The molecule has 0 aliphatic heterocycles. The van der Waals surface area contributed by atoms with E-state index < -0.39 is 0 Å². The molecule has 228 valence electrons. The van der Waals surface area contributed by atoms with Crippen LogP contribution >= 0.6 is 0 Å². The number of anilines is 4. The second-order valence-corrected chi connectivity index (χ2v) is 11.3. The molecular weight excluding hydrogens is 568 g/mol. The molecule has 0 amide bonds. The molecule has 6 aromatic rings. The van der Waals surface area contributed by atoms with Crippen LogP contribution in [0.15, 0.2) is 97.1 Å². The zero-order chi connectivity index (χ0) is 31.9. The van der Waals surface area contributed by atoms with Gasteiger partial charge in [-0.05, 0) is 85.3 Å². The summed E-state index contributed by atoms with van der Waals surface area (Å²) in [5.41, 5.74) is 8.74. The molecule has 0 spiro atoms. The number of hydrogen-bond donors (Lipinski definition) is 2. The summed E-state index contributed by atoms with van der Waals surface area (Å²) in [5, 5.41) is 6.72. The van der Waals surface area contributed by atoms with Crippen LogP contribution in [0.3, 0.4) is 0 Å². The molecule has 8 nitrogen and oxygen atoms in total. The molecule has 0 bridgehead atoms. The van der Waals surface area contributed by atoms with Gasteiger partial charge in [-0.1, -0.05) is 84.9 Å². The van der Waals surface area contributed by atoms with Crippen molar-refractivity contribution in [1.29, 1.82) is 0 Å². The minimum absolute atomic E-state index is 0.546. The summed E-state index contributed by atoms with van der Waals surface area (Å²) in [6, 6.07) is 33.0. The molecule has 0 atom stereocenters. The fourth-order valence-corrected chi connectivity index (χ4v) is 5.22. The number of rotatable bonds is 10. The molecule has 0 aliphatic carbocycles. The predicted molar refractivity (Wildman–Crippen MR) is 185 cm³/mol. The van der Waals surface area contributed by atoms with Gasteiger partial charge in [-0.3, -0.25) is 0 Å². The van der Waals surface area contributed by atoms with Crippen molar-refractivity contribution >= 4 is 35.4 Å². The van der Waals surface area contributed by atoms with Crippen molar-refractivity contribution < 1.29 is 0 Å². The second-order valence-electron chi connectivity index (χ2n) is 11.3. The maximum absolute atomic E-state index is 4.66. The quantitative estimate of drug-likeness (QED) is 0.151. The Balaban J connectivity index is 1.11. The van der Waals surface area contributed by atoms with Gasteiger partial charge in [0.1, 0.15) is 23.3 Å². The van der Waals surface area contributed by atoms with Crippen LogP contribution in [0.25, 0.3) is 12.2 Å². The number of nitrogens with one attached hydrogen (secondary N) is 2. The van der Waals surface area contributed by atoms with Crippen molar-refractivity contribution in [1.82, 2.24) is 29.9 Å². The van der Waals surface area contributed by atoms with Crippen LogP contribution in [0.2, 0.25) is 0 Å². The van der Waals surface area contributed by atoms with Crippen LogP contribution < -0.4 is 10.6 Å². The summed E-state index contributed by atoms with van der Waals surface area (Å²) < 4.78 is 0. The van der Waals surface area contributed by atoms with Gasteiger partial charge >= 0.3 is 0 Å². The molecule has 4 aromatic carbocycles. The van der Waals surface area contributed by atoms with Gasteiger partial charge in [0.05, 0.1) is 0 Å². The van der Waals surface area contributed by atoms with Gasteiger partial charge in [-0.2, -0.15) is 19.9 Å². The summed E-state index contributed by atoms with van der Waals surface area (Å²) in [7, 11) is 0.